The van der Waals surface area contributed by atoms with Crippen molar-refractivity contribution in [1.82, 2.24) is 9.97 Å². The first-order chi connectivity index (χ1) is 24.8. The molecule has 4 nitrogen and oxygen atoms in total. The number of furan rings is 2. The molecule has 7 aromatic carbocycles. The van der Waals surface area contributed by atoms with Gasteiger partial charge in [0, 0.05) is 49.4 Å². The van der Waals surface area contributed by atoms with Crippen LogP contribution in [0.5, 0.6) is 0 Å². The molecule has 10 rings (SSSR count). The third-order valence-corrected chi connectivity index (χ3v) is 9.51. The summed E-state index contributed by atoms with van der Waals surface area (Å²) >= 11 is 0. The van der Waals surface area contributed by atoms with E-state index >= 15 is 0 Å². The van der Waals surface area contributed by atoms with Crippen LogP contribution >= 0.6 is 0 Å². The summed E-state index contributed by atoms with van der Waals surface area (Å²) in [6.45, 7) is 0. The van der Waals surface area contributed by atoms with Gasteiger partial charge in [0.1, 0.15) is 11.2 Å². The van der Waals surface area contributed by atoms with Gasteiger partial charge in [-0.2, -0.15) is 0 Å². The highest BCUT2D eigenvalue weighted by Crippen LogP contribution is 2.43. The van der Waals surface area contributed by atoms with E-state index < -0.39 is 0 Å². The van der Waals surface area contributed by atoms with E-state index in [0.29, 0.717) is 5.82 Å². The average molecular weight is 641 g/mol. The van der Waals surface area contributed by atoms with Crippen molar-refractivity contribution in [3.05, 3.63) is 170 Å². The van der Waals surface area contributed by atoms with Gasteiger partial charge in [0.15, 0.2) is 17.0 Å². The van der Waals surface area contributed by atoms with Gasteiger partial charge in [0.25, 0.3) is 0 Å². The first-order valence-corrected chi connectivity index (χ1v) is 16.7. The van der Waals surface area contributed by atoms with Crippen LogP contribution in [0.1, 0.15) is 0 Å². The van der Waals surface area contributed by atoms with E-state index in [4.69, 9.17) is 18.8 Å². The molecule has 0 amide bonds. The molecule has 0 atom stereocenters. The van der Waals surface area contributed by atoms with Crippen LogP contribution in [-0.4, -0.2) is 9.97 Å². The van der Waals surface area contributed by atoms with Gasteiger partial charge in [-0.25, -0.2) is 9.97 Å². The minimum absolute atomic E-state index is 0.669. The van der Waals surface area contributed by atoms with E-state index in [1.165, 1.54) is 0 Å². The van der Waals surface area contributed by atoms with Gasteiger partial charge in [-0.3, -0.25) is 0 Å². The molecule has 0 unspecified atom stereocenters. The number of hydrogen-bond donors (Lipinski definition) is 0. The number of para-hydroxylation sites is 2. The molecule has 3 aromatic heterocycles. The number of benzene rings is 7. The van der Waals surface area contributed by atoms with E-state index in [1.807, 2.05) is 42.5 Å². The number of fused-ring (bicyclic) bond motifs is 7. The largest absolute Gasteiger partial charge is 0.451 e. The van der Waals surface area contributed by atoms with E-state index in [2.05, 4.69) is 127 Å². The molecule has 0 aliphatic heterocycles. The molecule has 0 aliphatic carbocycles. The first-order valence-electron chi connectivity index (χ1n) is 16.7. The molecule has 0 fully saturated rings. The van der Waals surface area contributed by atoms with Crippen LogP contribution in [0.3, 0.4) is 0 Å². The van der Waals surface area contributed by atoms with Crippen molar-refractivity contribution < 1.29 is 8.83 Å². The number of hydrogen-bond acceptors (Lipinski definition) is 4. The molecule has 10 aromatic rings. The topological polar surface area (TPSA) is 52.1 Å². The molecule has 50 heavy (non-hydrogen) atoms. The van der Waals surface area contributed by atoms with Crippen LogP contribution in [0, 0.1) is 0 Å². The van der Waals surface area contributed by atoms with E-state index in [1.54, 1.807) is 0 Å². The predicted octanol–water partition coefficient (Wildman–Crippen LogP) is 12.6. The third kappa shape index (κ3) is 4.61. The summed E-state index contributed by atoms with van der Waals surface area (Å²) in [5.74, 6) is 0.669. The standard InChI is InChI=1S/C46H28N2O2/c1-4-13-29(14-5-1)34-21-11-23-36-38-25-26-39-37-24-12-22-35(43(37)50-45(39)44(38)49-42(34)36)32-19-10-20-33(27-32)46-47-40(30-15-6-2-7-16-30)28-41(48-46)31-17-8-3-9-18-31/h1-28H. The third-order valence-electron chi connectivity index (χ3n) is 9.51. The maximum atomic E-state index is 6.80. The summed E-state index contributed by atoms with van der Waals surface area (Å²) in [4.78, 5) is 10.1. The summed E-state index contributed by atoms with van der Waals surface area (Å²) in [5, 5.41) is 4.18. The Morgan fingerprint density at radius 3 is 1.26 bits per heavy atom. The monoisotopic (exact) mass is 640 g/mol. The van der Waals surface area contributed by atoms with Crippen molar-refractivity contribution in [3.63, 3.8) is 0 Å². The smallest absolute Gasteiger partial charge is 0.178 e. The fourth-order valence-electron chi connectivity index (χ4n) is 7.10. The summed E-state index contributed by atoms with van der Waals surface area (Å²) in [6, 6.07) is 58.3. The summed E-state index contributed by atoms with van der Waals surface area (Å²) in [7, 11) is 0. The maximum absolute atomic E-state index is 6.80. The average Bonchev–Trinajstić information content (AvgIpc) is 3.78. The molecule has 0 radical (unpaired) electrons. The second kappa shape index (κ2) is 11.4. The van der Waals surface area contributed by atoms with Gasteiger partial charge in [-0.1, -0.05) is 146 Å². The molecular weight excluding hydrogens is 613 g/mol. The Labute approximate surface area is 287 Å². The highest BCUT2D eigenvalue weighted by Gasteiger charge is 2.20. The molecule has 4 heteroatoms. The van der Waals surface area contributed by atoms with Crippen molar-refractivity contribution >= 4 is 43.9 Å². The summed E-state index contributed by atoms with van der Waals surface area (Å²) < 4.78 is 13.5. The van der Waals surface area contributed by atoms with Gasteiger partial charge in [-0.05, 0) is 35.4 Å². The van der Waals surface area contributed by atoms with Gasteiger partial charge >= 0.3 is 0 Å². The molecular formula is C46H28N2O2. The lowest BCUT2D eigenvalue weighted by molar-refractivity contribution is 0.634. The Kier molecular flexibility index (Phi) is 6.46. The Hall–Kier alpha value is -6.78. The number of aromatic nitrogens is 2. The normalized spacial score (nSPS) is 11.6. The Morgan fingerprint density at radius 2 is 0.720 bits per heavy atom. The summed E-state index contributed by atoms with van der Waals surface area (Å²) in [6.07, 6.45) is 0. The molecule has 234 valence electrons. The highest BCUT2D eigenvalue weighted by molar-refractivity contribution is 6.21. The fraction of sp³-hybridized carbons (Fsp3) is 0. The highest BCUT2D eigenvalue weighted by atomic mass is 16.4. The lowest BCUT2D eigenvalue weighted by Crippen LogP contribution is -1.96. The molecule has 0 aliphatic rings. The van der Waals surface area contributed by atoms with Crippen LogP contribution in [-0.2, 0) is 0 Å². The maximum Gasteiger partial charge on any atom is 0.178 e. The molecule has 0 saturated carbocycles. The predicted molar refractivity (Wildman–Crippen MR) is 204 cm³/mol. The quantitative estimate of drug-likeness (QED) is 0.188. The van der Waals surface area contributed by atoms with Crippen LogP contribution < -0.4 is 0 Å². The van der Waals surface area contributed by atoms with E-state index in [-0.39, 0.29) is 0 Å². The van der Waals surface area contributed by atoms with Crippen molar-refractivity contribution in [2.24, 2.45) is 0 Å². The summed E-state index contributed by atoms with van der Waals surface area (Å²) in [5.41, 5.74) is 12.2. The zero-order valence-corrected chi connectivity index (χ0v) is 26.9. The molecule has 0 N–H and O–H groups in total. The Morgan fingerprint density at radius 1 is 0.300 bits per heavy atom. The molecule has 0 saturated heterocycles. The first kappa shape index (κ1) is 28.3. The van der Waals surface area contributed by atoms with Crippen molar-refractivity contribution in [3.8, 4) is 56.2 Å². The Balaban J connectivity index is 1.13. The zero-order chi connectivity index (χ0) is 33.0. The molecule has 0 spiro atoms. The number of nitrogens with zero attached hydrogens (tertiary/aromatic N) is 2. The van der Waals surface area contributed by atoms with Crippen LogP contribution in [0.25, 0.3) is 100 Å². The Bertz CT molecular complexity index is 2800. The van der Waals surface area contributed by atoms with E-state index in [9.17, 15) is 0 Å². The second-order valence-corrected chi connectivity index (χ2v) is 12.5. The lowest BCUT2D eigenvalue weighted by Gasteiger charge is -2.10. The molecule has 3 heterocycles. The van der Waals surface area contributed by atoms with Crippen LogP contribution in [0.2, 0.25) is 0 Å². The van der Waals surface area contributed by atoms with Crippen molar-refractivity contribution in [2.75, 3.05) is 0 Å². The van der Waals surface area contributed by atoms with Gasteiger partial charge < -0.3 is 8.83 Å². The van der Waals surface area contributed by atoms with E-state index in [0.717, 1.165) is 94.2 Å². The fourth-order valence-corrected chi connectivity index (χ4v) is 7.10. The zero-order valence-electron chi connectivity index (χ0n) is 26.9. The van der Waals surface area contributed by atoms with Crippen molar-refractivity contribution in [2.45, 2.75) is 0 Å². The molecule has 0 bridgehead atoms. The van der Waals surface area contributed by atoms with Crippen LogP contribution in [0.4, 0.5) is 0 Å². The minimum atomic E-state index is 0.669. The second-order valence-electron chi connectivity index (χ2n) is 12.5. The lowest BCUT2D eigenvalue weighted by atomic mass is 9.99. The van der Waals surface area contributed by atoms with Gasteiger partial charge in [-0.15, -0.1) is 0 Å². The van der Waals surface area contributed by atoms with Gasteiger partial charge in [0.2, 0.25) is 0 Å². The SMILES string of the molecule is c1ccc(-c2cc(-c3ccccc3)nc(-c3cccc(-c4cccc5c4oc4c5ccc5c6cccc(-c7ccccc7)c6oc54)c3)n2)cc1. The van der Waals surface area contributed by atoms with Crippen LogP contribution in [0.15, 0.2) is 179 Å². The minimum Gasteiger partial charge on any atom is -0.451 e. The van der Waals surface area contributed by atoms with Crippen molar-refractivity contribution in [1.29, 1.82) is 0 Å². The number of rotatable bonds is 5. The van der Waals surface area contributed by atoms with Gasteiger partial charge in [0.05, 0.1) is 11.4 Å².